The van der Waals surface area contributed by atoms with Gasteiger partial charge in [0.1, 0.15) is 0 Å². The summed E-state index contributed by atoms with van der Waals surface area (Å²) in [6.45, 7) is 9.92. The number of carbonyl (C=O) groups is 1. The Bertz CT molecular complexity index is 660. The van der Waals surface area contributed by atoms with Gasteiger partial charge in [0.25, 0.3) is 0 Å². The number of nitrogens with zero attached hydrogens (tertiary/aromatic N) is 2. The van der Waals surface area contributed by atoms with Gasteiger partial charge >= 0.3 is 0 Å². The van der Waals surface area contributed by atoms with E-state index in [1.165, 1.54) is 19.1 Å². The van der Waals surface area contributed by atoms with Crippen LogP contribution in [-0.4, -0.2) is 82.9 Å². The molecule has 3 fully saturated rings. The first-order chi connectivity index (χ1) is 12.8. The maximum atomic E-state index is 12.5. The van der Waals surface area contributed by atoms with Crippen LogP contribution in [0.2, 0.25) is 0 Å². The molecule has 2 N–H and O–H groups in total. The van der Waals surface area contributed by atoms with Gasteiger partial charge < -0.3 is 19.8 Å². The molecular formula is C21H30N2O4. The number of ketones is 1. The first-order valence-corrected chi connectivity index (χ1v) is 9.47. The second kappa shape index (κ2) is 9.34. The van der Waals surface area contributed by atoms with Crippen molar-refractivity contribution in [2.45, 2.75) is 32.0 Å². The number of allylic oxidation sites excluding steroid dienone is 4. The number of piperazine rings is 3. The van der Waals surface area contributed by atoms with Gasteiger partial charge in [-0.25, -0.2) is 0 Å². The molecule has 0 aromatic rings. The van der Waals surface area contributed by atoms with Gasteiger partial charge in [-0.15, -0.1) is 0 Å². The van der Waals surface area contributed by atoms with Crippen molar-refractivity contribution in [1.29, 1.82) is 0 Å². The molecule has 27 heavy (non-hydrogen) atoms. The average molecular weight is 374 g/mol. The summed E-state index contributed by atoms with van der Waals surface area (Å²) in [5, 5.41) is 33.1. The maximum Gasteiger partial charge on any atom is 0.228 e. The molecule has 0 saturated carbocycles. The monoisotopic (exact) mass is 374 g/mol. The Morgan fingerprint density at radius 2 is 1.93 bits per heavy atom. The van der Waals surface area contributed by atoms with Crippen molar-refractivity contribution in [3.63, 3.8) is 0 Å². The van der Waals surface area contributed by atoms with Gasteiger partial charge in [-0.05, 0) is 31.9 Å². The summed E-state index contributed by atoms with van der Waals surface area (Å²) in [5.41, 5.74) is -1.91. The Labute approximate surface area is 161 Å². The SMILES string of the molecule is C/C=C/C=C/C(=O)C#CC[C@@H](O)[C@@](C)(O)/C([O-])=C/C[N+]12CCN(CC1)CC2. The minimum atomic E-state index is -1.91. The van der Waals surface area contributed by atoms with Gasteiger partial charge in [0.15, 0.2) is 0 Å². The number of rotatable bonds is 7. The summed E-state index contributed by atoms with van der Waals surface area (Å²) in [7, 11) is 0. The first-order valence-electron chi connectivity index (χ1n) is 9.47. The van der Waals surface area contributed by atoms with Crippen molar-refractivity contribution in [1.82, 2.24) is 4.90 Å². The fraction of sp³-hybridized carbons (Fsp3) is 0.571. The molecule has 2 atom stereocenters. The Kier molecular flexibility index (Phi) is 7.40. The van der Waals surface area contributed by atoms with E-state index >= 15 is 0 Å². The van der Waals surface area contributed by atoms with E-state index in [2.05, 4.69) is 16.7 Å². The molecule has 0 aliphatic carbocycles. The summed E-state index contributed by atoms with van der Waals surface area (Å²) < 4.78 is 0.876. The molecule has 3 aliphatic rings. The number of aliphatic hydroxyl groups excluding tert-OH is 1. The molecule has 3 saturated heterocycles. The summed E-state index contributed by atoms with van der Waals surface area (Å²) in [5.74, 6) is 4.04. The lowest BCUT2D eigenvalue weighted by Gasteiger charge is -2.50. The van der Waals surface area contributed by atoms with Crippen LogP contribution >= 0.6 is 0 Å². The molecule has 0 aromatic heterocycles. The number of quaternary nitrogens is 1. The average Bonchev–Trinajstić information content (AvgIpc) is 2.67. The highest BCUT2D eigenvalue weighted by molar-refractivity contribution is 6.04. The quantitative estimate of drug-likeness (QED) is 0.158. The minimum absolute atomic E-state index is 0.148. The summed E-state index contributed by atoms with van der Waals surface area (Å²) >= 11 is 0. The van der Waals surface area contributed by atoms with Gasteiger partial charge in [0, 0.05) is 26.1 Å². The Hall–Kier alpha value is -1.91. The molecule has 6 nitrogen and oxygen atoms in total. The number of hydrogen-bond donors (Lipinski definition) is 2. The predicted octanol–water partition coefficient (Wildman–Crippen LogP) is -0.417. The second-order valence-corrected chi connectivity index (χ2v) is 7.52. The van der Waals surface area contributed by atoms with Gasteiger partial charge in [-0.2, -0.15) is 0 Å². The normalized spacial score (nSPS) is 28.7. The predicted molar refractivity (Wildman–Crippen MR) is 102 cm³/mol. The highest BCUT2D eigenvalue weighted by Crippen LogP contribution is 2.22. The van der Waals surface area contributed by atoms with E-state index in [4.69, 9.17) is 0 Å². The first kappa shape index (κ1) is 21.4. The van der Waals surface area contributed by atoms with Gasteiger partial charge in [0.05, 0.1) is 37.9 Å². The smallest absolute Gasteiger partial charge is 0.228 e. The molecule has 0 spiro atoms. The molecule has 0 unspecified atom stereocenters. The summed E-state index contributed by atoms with van der Waals surface area (Å²) in [6.07, 6.45) is 6.42. The van der Waals surface area contributed by atoms with Crippen molar-refractivity contribution < 1.29 is 24.6 Å². The van der Waals surface area contributed by atoms with Crippen molar-refractivity contribution in [3.05, 3.63) is 36.1 Å². The standard InChI is InChI=1S/C21H30N2O4/c1-3-4-5-7-18(24)8-6-9-19(25)21(2,27)20(26)10-14-23-15-11-22(12-16-23)13-17-23/h3-5,7,10,19,25,27H,9,11-17H2,1-2H3/b4-3+,7-5+,20-10-/t19-,21-/m1/s1. The van der Waals surface area contributed by atoms with E-state index in [1.54, 1.807) is 18.2 Å². The van der Waals surface area contributed by atoms with Gasteiger partial charge in [-0.3, -0.25) is 9.69 Å². The molecule has 0 radical (unpaired) electrons. The van der Waals surface area contributed by atoms with E-state index < -0.39 is 23.2 Å². The summed E-state index contributed by atoms with van der Waals surface area (Å²) in [4.78, 5) is 13.9. The number of carbonyl (C=O) groups excluding carboxylic acids is 1. The molecule has 3 rings (SSSR count). The van der Waals surface area contributed by atoms with Gasteiger partial charge in [0.2, 0.25) is 5.78 Å². The van der Waals surface area contributed by atoms with E-state index in [0.717, 1.165) is 43.8 Å². The van der Waals surface area contributed by atoms with E-state index in [1.807, 2.05) is 6.92 Å². The largest absolute Gasteiger partial charge is 0.874 e. The van der Waals surface area contributed by atoms with Crippen LogP contribution in [-0.2, 0) is 4.79 Å². The lowest BCUT2D eigenvalue weighted by molar-refractivity contribution is -0.935. The highest BCUT2D eigenvalue weighted by Gasteiger charge is 2.38. The van der Waals surface area contributed by atoms with Crippen LogP contribution in [0.15, 0.2) is 36.1 Å². The lowest BCUT2D eigenvalue weighted by Crippen LogP contribution is -2.67. The zero-order chi connectivity index (χ0) is 19.9. The maximum absolute atomic E-state index is 12.5. The van der Waals surface area contributed by atoms with Crippen LogP contribution in [0.3, 0.4) is 0 Å². The number of hydrogen-bond acceptors (Lipinski definition) is 5. The molecule has 0 aromatic carbocycles. The van der Waals surface area contributed by atoms with E-state index in [9.17, 15) is 20.1 Å². The molecule has 148 valence electrons. The van der Waals surface area contributed by atoms with Crippen LogP contribution in [0.4, 0.5) is 0 Å². The van der Waals surface area contributed by atoms with Crippen molar-refractivity contribution in [2.24, 2.45) is 0 Å². The molecular weight excluding hydrogens is 344 g/mol. The highest BCUT2D eigenvalue weighted by atomic mass is 16.4. The summed E-state index contributed by atoms with van der Waals surface area (Å²) in [6, 6.07) is 0. The fourth-order valence-corrected chi connectivity index (χ4v) is 3.38. The minimum Gasteiger partial charge on any atom is -0.874 e. The van der Waals surface area contributed by atoms with Crippen LogP contribution < -0.4 is 5.11 Å². The van der Waals surface area contributed by atoms with Gasteiger partial charge in [-0.1, -0.05) is 29.9 Å². The van der Waals surface area contributed by atoms with Crippen LogP contribution in [0.1, 0.15) is 20.3 Å². The van der Waals surface area contributed by atoms with E-state index in [0.29, 0.717) is 6.54 Å². The molecule has 3 aliphatic heterocycles. The van der Waals surface area contributed by atoms with Crippen molar-refractivity contribution >= 4 is 5.78 Å². The molecule has 2 bridgehead atoms. The Balaban J connectivity index is 1.92. The lowest BCUT2D eigenvalue weighted by atomic mass is 9.93. The third kappa shape index (κ3) is 5.78. The number of aliphatic hydroxyl groups is 2. The Morgan fingerprint density at radius 1 is 1.30 bits per heavy atom. The zero-order valence-electron chi connectivity index (χ0n) is 16.2. The zero-order valence-corrected chi connectivity index (χ0v) is 16.2. The van der Waals surface area contributed by atoms with Crippen LogP contribution in [0.5, 0.6) is 0 Å². The topological polar surface area (TPSA) is 83.8 Å². The number of fused-ring (bicyclic) bond motifs is 3. The second-order valence-electron chi connectivity index (χ2n) is 7.52. The van der Waals surface area contributed by atoms with Crippen molar-refractivity contribution in [3.8, 4) is 11.8 Å². The Morgan fingerprint density at radius 3 is 2.52 bits per heavy atom. The molecule has 3 heterocycles. The fourth-order valence-electron chi connectivity index (χ4n) is 3.38. The van der Waals surface area contributed by atoms with Crippen molar-refractivity contribution in [2.75, 3.05) is 45.8 Å². The third-order valence-corrected chi connectivity index (χ3v) is 5.54. The molecule has 6 heteroatoms. The van der Waals surface area contributed by atoms with Crippen LogP contribution in [0.25, 0.3) is 0 Å². The van der Waals surface area contributed by atoms with Crippen LogP contribution in [0, 0.1) is 11.8 Å². The third-order valence-electron chi connectivity index (χ3n) is 5.54. The van der Waals surface area contributed by atoms with E-state index in [-0.39, 0.29) is 6.42 Å². The molecule has 0 amide bonds.